The molecule has 1 amide bonds. The van der Waals surface area contributed by atoms with E-state index >= 15 is 0 Å². The van der Waals surface area contributed by atoms with Crippen LogP contribution in [-0.2, 0) is 4.79 Å². The van der Waals surface area contributed by atoms with E-state index in [0.717, 1.165) is 6.42 Å². The van der Waals surface area contributed by atoms with Crippen LogP contribution in [0.4, 0.5) is 0 Å². The van der Waals surface area contributed by atoms with E-state index < -0.39 is 0 Å². The van der Waals surface area contributed by atoms with E-state index in [4.69, 9.17) is 0 Å². The number of carbonyl (C=O) groups is 1. The summed E-state index contributed by atoms with van der Waals surface area (Å²) in [5.74, 6) is 1.16. The van der Waals surface area contributed by atoms with Gasteiger partial charge in [-0.05, 0) is 11.8 Å². The van der Waals surface area contributed by atoms with Crippen molar-refractivity contribution in [3.63, 3.8) is 0 Å². The molecular weight excluding hydrogens is 150 g/mol. The van der Waals surface area contributed by atoms with E-state index in [1.54, 1.807) is 6.92 Å². The van der Waals surface area contributed by atoms with Gasteiger partial charge in [0.2, 0.25) is 5.91 Å². The second-order valence-electron chi connectivity index (χ2n) is 3.86. The van der Waals surface area contributed by atoms with Crippen LogP contribution in [-0.4, -0.2) is 11.9 Å². The average Bonchev–Trinajstić information content (AvgIpc) is 1.98. The Labute approximate surface area is 75.7 Å². The number of nitrogens with one attached hydrogen (secondary N) is 1. The molecule has 0 spiro atoms. The molecule has 0 bridgehead atoms. The summed E-state index contributed by atoms with van der Waals surface area (Å²) in [6.45, 7) is 10.2. The summed E-state index contributed by atoms with van der Waals surface area (Å²) in [4.78, 5) is 10.9. The summed E-state index contributed by atoms with van der Waals surface area (Å²) in [5, 5.41) is 2.99. The van der Waals surface area contributed by atoms with Gasteiger partial charge in [0.1, 0.15) is 0 Å². The van der Waals surface area contributed by atoms with Crippen LogP contribution in [0.25, 0.3) is 0 Å². The van der Waals surface area contributed by atoms with Crippen LogP contribution < -0.4 is 5.32 Å². The molecule has 1 N–H and O–H groups in total. The predicted octanol–water partition coefficient (Wildman–Crippen LogP) is 2.19. The first-order chi connectivity index (χ1) is 5.49. The highest BCUT2D eigenvalue weighted by Crippen LogP contribution is 2.15. The molecule has 0 aliphatic rings. The number of hydrogen-bond acceptors (Lipinski definition) is 1. The lowest BCUT2D eigenvalue weighted by molar-refractivity contribution is -0.120. The summed E-state index contributed by atoms with van der Waals surface area (Å²) in [6.07, 6.45) is 1.11. The third kappa shape index (κ3) is 3.74. The minimum absolute atomic E-state index is 0.0778. The van der Waals surface area contributed by atoms with Crippen molar-refractivity contribution in [1.82, 2.24) is 5.32 Å². The molecule has 0 aromatic rings. The maximum atomic E-state index is 10.9. The van der Waals surface area contributed by atoms with E-state index in [1.807, 2.05) is 0 Å². The Morgan fingerprint density at radius 1 is 1.33 bits per heavy atom. The normalized spacial score (nSPS) is 15.8. The fraction of sp³-hybridized carbons (Fsp3) is 0.900. The standard InChI is InChI=1S/C10H21NO/c1-6-8(4)10(7(2)3)11-9(5)12/h7-8,10H,6H2,1-5H3,(H,11,12)/t8-,10-/m0/s1. The quantitative estimate of drug-likeness (QED) is 0.690. The van der Waals surface area contributed by atoms with Crippen molar-refractivity contribution in [2.75, 3.05) is 0 Å². The fourth-order valence-electron chi connectivity index (χ4n) is 1.45. The largest absolute Gasteiger partial charge is 0.353 e. The van der Waals surface area contributed by atoms with Gasteiger partial charge in [-0.15, -0.1) is 0 Å². The zero-order chi connectivity index (χ0) is 9.72. The van der Waals surface area contributed by atoms with Crippen molar-refractivity contribution in [2.45, 2.75) is 47.1 Å². The molecule has 0 aromatic heterocycles. The molecule has 0 aliphatic heterocycles. The number of rotatable bonds is 4. The van der Waals surface area contributed by atoms with Gasteiger partial charge in [-0.25, -0.2) is 0 Å². The van der Waals surface area contributed by atoms with E-state index in [2.05, 4.69) is 33.0 Å². The van der Waals surface area contributed by atoms with Gasteiger partial charge in [-0.3, -0.25) is 4.79 Å². The minimum Gasteiger partial charge on any atom is -0.353 e. The Hall–Kier alpha value is -0.530. The zero-order valence-corrected chi connectivity index (χ0v) is 8.85. The van der Waals surface area contributed by atoms with Crippen LogP contribution in [0.2, 0.25) is 0 Å². The Balaban J connectivity index is 4.12. The Bertz CT molecular complexity index is 143. The topological polar surface area (TPSA) is 29.1 Å². The first kappa shape index (κ1) is 11.5. The molecule has 2 heteroatoms. The third-order valence-electron chi connectivity index (χ3n) is 2.35. The van der Waals surface area contributed by atoms with Crippen LogP contribution >= 0.6 is 0 Å². The minimum atomic E-state index is 0.0778. The van der Waals surface area contributed by atoms with Crippen molar-refractivity contribution in [2.24, 2.45) is 11.8 Å². The van der Waals surface area contributed by atoms with E-state index in [1.165, 1.54) is 0 Å². The SMILES string of the molecule is CC[C@H](C)[C@@H](NC(C)=O)C(C)C. The van der Waals surface area contributed by atoms with Crippen LogP contribution in [0.1, 0.15) is 41.0 Å². The molecule has 0 saturated carbocycles. The molecule has 72 valence electrons. The monoisotopic (exact) mass is 171 g/mol. The van der Waals surface area contributed by atoms with E-state index in [-0.39, 0.29) is 5.91 Å². The van der Waals surface area contributed by atoms with Gasteiger partial charge in [0.25, 0.3) is 0 Å². The van der Waals surface area contributed by atoms with Gasteiger partial charge in [-0.1, -0.05) is 34.1 Å². The lowest BCUT2D eigenvalue weighted by Gasteiger charge is -2.27. The van der Waals surface area contributed by atoms with E-state index in [0.29, 0.717) is 17.9 Å². The molecule has 2 atom stereocenters. The summed E-state index contributed by atoms with van der Waals surface area (Å²) in [6, 6.07) is 0.326. The van der Waals surface area contributed by atoms with Gasteiger partial charge in [0.15, 0.2) is 0 Å². The molecule has 0 fully saturated rings. The molecule has 0 saturated heterocycles. The highest BCUT2D eigenvalue weighted by molar-refractivity contribution is 5.73. The molecule has 2 nitrogen and oxygen atoms in total. The third-order valence-corrected chi connectivity index (χ3v) is 2.35. The molecule has 0 heterocycles. The average molecular weight is 171 g/mol. The van der Waals surface area contributed by atoms with Gasteiger partial charge >= 0.3 is 0 Å². The van der Waals surface area contributed by atoms with E-state index in [9.17, 15) is 4.79 Å². The molecule has 0 radical (unpaired) electrons. The van der Waals surface area contributed by atoms with Gasteiger partial charge in [-0.2, -0.15) is 0 Å². The van der Waals surface area contributed by atoms with Crippen LogP contribution in [0.15, 0.2) is 0 Å². The predicted molar refractivity (Wildman–Crippen MR) is 51.9 cm³/mol. The number of hydrogen-bond donors (Lipinski definition) is 1. The highest BCUT2D eigenvalue weighted by atomic mass is 16.1. The Kier molecular flexibility index (Phi) is 4.95. The van der Waals surface area contributed by atoms with Crippen molar-refractivity contribution < 1.29 is 4.79 Å². The van der Waals surface area contributed by atoms with Gasteiger partial charge in [0.05, 0.1) is 0 Å². The molecule has 0 aliphatic carbocycles. The molecule has 12 heavy (non-hydrogen) atoms. The van der Waals surface area contributed by atoms with Crippen LogP contribution in [0.3, 0.4) is 0 Å². The highest BCUT2D eigenvalue weighted by Gasteiger charge is 2.19. The molecular formula is C10H21NO. The maximum Gasteiger partial charge on any atom is 0.217 e. The number of carbonyl (C=O) groups excluding carboxylic acids is 1. The summed E-state index contributed by atoms with van der Waals surface area (Å²) >= 11 is 0. The smallest absolute Gasteiger partial charge is 0.217 e. The van der Waals surface area contributed by atoms with Crippen molar-refractivity contribution in [3.8, 4) is 0 Å². The number of amides is 1. The molecule has 0 aromatic carbocycles. The maximum absolute atomic E-state index is 10.9. The zero-order valence-electron chi connectivity index (χ0n) is 8.85. The van der Waals surface area contributed by atoms with Crippen molar-refractivity contribution in [3.05, 3.63) is 0 Å². The molecule has 0 rings (SSSR count). The Morgan fingerprint density at radius 3 is 2.08 bits per heavy atom. The summed E-state index contributed by atoms with van der Waals surface area (Å²) < 4.78 is 0. The lowest BCUT2D eigenvalue weighted by Crippen LogP contribution is -2.41. The summed E-state index contributed by atoms with van der Waals surface area (Å²) in [5.41, 5.74) is 0. The van der Waals surface area contributed by atoms with Crippen molar-refractivity contribution >= 4 is 5.91 Å². The molecule has 0 unspecified atom stereocenters. The van der Waals surface area contributed by atoms with Gasteiger partial charge in [0, 0.05) is 13.0 Å². The Morgan fingerprint density at radius 2 is 1.83 bits per heavy atom. The first-order valence-corrected chi connectivity index (χ1v) is 4.76. The van der Waals surface area contributed by atoms with Crippen LogP contribution in [0.5, 0.6) is 0 Å². The summed E-state index contributed by atoms with van der Waals surface area (Å²) in [7, 11) is 0. The van der Waals surface area contributed by atoms with Crippen molar-refractivity contribution in [1.29, 1.82) is 0 Å². The fourth-order valence-corrected chi connectivity index (χ4v) is 1.45. The van der Waals surface area contributed by atoms with Crippen LogP contribution in [0, 0.1) is 11.8 Å². The first-order valence-electron chi connectivity index (χ1n) is 4.76. The van der Waals surface area contributed by atoms with Gasteiger partial charge < -0.3 is 5.32 Å². The second kappa shape index (κ2) is 5.18. The second-order valence-corrected chi connectivity index (χ2v) is 3.86. The lowest BCUT2D eigenvalue weighted by atomic mass is 9.90.